The Bertz CT molecular complexity index is 1060. The second kappa shape index (κ2) is 6.56. The average Bonchev–Trinajstić information content (AvgIpc) is 3.19. The first-order valence-corrected chi connectivity index (χ1v) is 8.52. The van der Waals surface area contributed by atoms with E-state index in [2.05, 4.69) is 15.0 Å². The normalized spacial score (nSPS) is 27.5. The maximum atomic E-state index is 12.1. The van der Waals surface area contributed by atoms with Gasteiger partial charge in [-0.05, 0) is 17.7 Å². The highest BCUT2D eigenvalue weighted by Gasteiger charge is 2.56. The summed E-state index contributed by atoms with van der Waals surface area (Å²) in [5.74, 6) is -0.0845. The largest absolute Gasteiger partial charge is 0.508 e. The molecule has 1 aromatic carbocycles. The molecule has 0 radical (unpaired) electrons. The van der Waals surface area contributed by atoms with E-state index in [0.717, 1.165) is 0 Å². The van der Waals surface area contributed by atoms with E-state index < -0.39 is 36.2 Å². The first kappa shape index (κ1) is 18.4. The van der Waals surface area contributed by atoms with Gasteiger partial charge < -0.3 is 30.9 Å². The third kappa shape index (κ3) is 2.72. The van der Waals surface area contributed by atoms with Crippen molar-refractivity contribution in [1.29, 1.82) is 0 Å². The van der Waals surface area contributed by atoms with Gasteiger partial charge in [0, 0.05) is 6.42 Å². The predicted octanol–water partition coefficient (Wildman–Crippen LogP) is -1.58. The Balaban J connectivity index is 1.91. The number of imidazole rings is 1. The van der Waals surface area contributed by atoms with E-state index in [0.29, 0.717) is 5.56 Å². The predicted molar refractivity (Wildman–Crippen MR) is 96.3 cm³/mol. The number of aliphatic hydroxyl groups is 3. The molecule has 3 aromatic rings. The van der Waals surface area contributed by atoms with Crippen LogP contribution in [-0.4, -0.2) is 64.9 Å². The van der Waals surface area contributed by atoms with Crippen molar-refractivity contribution in [3.63, 3.8) is 0 Å². The smallest absolute Gasteiger partial charge is 0.280 e. The van der Waals surface area contributed by atoms with Crippen molar-refractivity contribution in [1.82, 2.24) is 19.5 Å². The van der Waals surface area contributed by atoms with Crippen molar-refractivity contribution in [3.05, 3.63) is 46.5 Å². The number of anilines is 1. The lowest BCUT2D eigenvalue weighted by Gasteiger charge is -2.34. The van der Waals surface area contributed by atoms with Crippen molar-refractivity contribution in [2.24, 2.45) is 0 Å². The number of H-pyrrole nitrogens is 1. The summed E-state index contributed by atoms with van der Waals surface area (Å²) in [6.45, 7) is -0.529. The number of phenols is 1. The Labute approximate surface area is 157 Å². The van der Waals surface area contributed by atoms with Crippen LogP contribution in [0.4, 0.5) is 5.95 Å². The fourth-order valence-electron chi connectivity index (χ4n) is 3.56. The Morgan fingerprint density at radius 1 is 1.29 bits per heavy atom. The van der Waals surface area contributed by atoms with E-state index in [1.165, 1.54) is 23.0 Å². The van der Waals surface area contributed by atoms with E-state index in [-0.39, 0.29) is 29.3 Å². The number of rotatable bonds is 4. The standard InChI is InChI=1S/C17H19N5O6/c18-16-20-14-11(15(27)21-16)19-7-22(14)17(5-8-1-3-9(24)4-2-8)13(26)12(25)10(6-23)28-17/h1-4,7,10,12-13,23-26H,5-6H2,(H3,18,20,21,27)/t10-,12-,13-,17-/m1/s1. The molecule has 148 valence electrons. The molecule has 1 saturated heterocycles. The number of nitrogens with zero attached hydrogens (tertiary/aromatic N) is 3. The van der Waals surface area contributed by atoms with E-state index in [9.17, 15) is 25.2 Å². The molecule has 4 atom stereocenters. The van der Waals surface area contributed by atoms with Gasteiger partial charge >= 0.3 is 0 Å². The summed E-state index contributed by atoms with van der Waals surface area (Å²) in [4.78, 5) is 22.6. The SMILES string of the molecule is Nc1nc2c(ncn2[C@]2(Cc3ccc(O)cc3)O[C@H](CO)[C@@H](O)[C@H]2O)c(=O)[nH]1. The molecule has 1 fully saturated rings. The molecule has 7 N–H and O–H groups in total. The molecule has 28 heavy (non-hydrogen) atoms. The van der Waals surface area contributed by atoms with Gasteiger partial charge in [-0.15, -0.1) is 0 Å². The summed E-state index contributed by atoms with van der Waals surface area (Å²) in [5.41, 5.74) is 4.17. The van der Waals surface area contributed by atoms with Crippen molar-refractivity contribution in [3.8, 4) is 5.75 Å². The van der Waals surface area contributed by atoms with Gasteiger partial charge in [0.15, 0.2) is 16.9 Å². The van der Waals surface area contributed by atoms with Gasteiger partial charge in [-0.2, -0.15) is 4.98 Å². The number of benzene rings is 1. The van der Waals surface area contributed by atoms with E-state index >= 15 is 0 Å². The highest BCUT2D eigenvalue weighted by atomic mass is 16.6. The average molecular weight is 389 g/mol. The molecular weight excluding hydrogens is 370 g/mol. The van der Waals surface area contributed by atoms with Crippen LogP contribution in [0.25, 0.3) is 11.2 Å². The molecule has 3 heterocycles. The maximum Gasteiger partial charge on any atom is 0.280 e. The van der Waals surface area contributed by atoms with Crippen molar-refractivity contribution >= 4 is 17.1 Å². The Kier molecular flexibility index (Phi) is 4.31. The van der Waals surface area contributed by atoms with E-state index in [4.69, 9.17) is 10.5 Å². The Morgan fingerprint density at radius 2 is 2.00 bits per heavy atom. The Morgan fingerprint density at radius 3 is 2.64 bits per heavy atom. The number of aromatic amines is 1. The molecule has 0 saturated carbocycles. The number of nitrogens with two attached hydrogens (primary N) is 1. The third-order valence-electron chi connectivity index (χ3n) is 4.93. The zero-order valence-electron chi connectivity index (χ0n) is 14.6. The monoisotopic (exact) mass is 389 g/mol. The van der Waals surface area contributed by atoms with Crippen LogP contribution in [0.15, 0.2) is 35.4 Å². The van der Waals surface area contributed by atoms with Crippen LogP contribution in [0.5, 0.6) is 5.75 Å². The summed E-state index contributed by atoms with van der Waals surface area (Å²) in [5, 5.41) is 40.3. The summed E-state index contributed by atoms with van der Waals surface area (Å²) in [7, 11) is 0. The van der Waals surface area contributed by atoms with Gasteiger partial charge in [-0.3, -0.25) is 14.3 Å². The molecule has 1 aliphatic rings. The third-order valence-corrected chi connectivity index (χ3v) is 4.93. The van der Waals surface area contributed by atoms with Gasteiger partial charge in [-0.1, -0.05) is 12.1 Å². The number of aliphatic hydroxyl groups excluding tert-OH is 3. The van der Waals surface area contributed by atoms with Crippen LogP contribution in [0.3, 0.4) is 0 Å². The van der Waals surface area contributed by atoms with Gasteiger partial charge in [0.1, 0.15) is 24.1 Å². The maximum absolute atomic E-state index is 12.1. The zero-order valence-corrected chi connectivity index (χ0v) is 14.6. The number of nitrogen functional groups attached to an aromatic ring is 1. The number of nitrogens with one attached hydrogen (secondary N) is 1. The zero-order chi connectivity index (χ0) is 20.1. The van der Waals surface area contributed by atoms with Gasteiger partial charge in [0.05, 0.1) is 12.9 Å². The van der Waals surface area contributed by atoms with Crippen molar-refractivity contribution in [2.75, 3.05) is 12.3 Å². The van der Waals surface area contributed by atoms with Crippen LogP contribution < -0.4 is 11.3 Å². The highest BCUT2D eigenvalue weighted by molar-refractivity contribution is 5.71. The first-order valence-electron chi connectivity index (χ1n) is 8.52. The number of hydrogen-bond donors (Lipinski definition) is 6. The van der Waals surface area contributed by atoms with Crippen LogP contribution >= 0.6 is 0 Å². The lowest BCUT2D eigenvalue weighted by atomic mass is 9.94. The van der Waals surface area contributed by atoms with Gasteiger partial charge in [-0.25, -0.2) is 4.98 Å². The molecule has 1 aliphatic heterocycles. The van der Waals surface area contributed by atoms with Gasteiger partial charge in [0.25, 0.3) is 5.56 Å². The topological polar surface area (TPSA) is 180 Å². The van der Waals surface area contributed by atoms with Crippen molar-refractivity contribution < 1.29 is 25.2 Å². The van der Waals surface area contributed by atoms with Crippen molar-refractivity contribution in [2.45, 2.75) is 30.5 Å². The second-order valence-electron chi connectivity index (χ2n) is 6.70. The summed E-state index contributed by atoms with van der Waals surface area (Å²) < 4.78 is 7.24. The summed E-state index contributed by atoms with van der Waals surface area (Å²) >= 11 is 0. The fraction of sp³-hybridized carbons (Fsp3) is 0.353. The van der Waals surface area contributed by atoms with Crippen LogP contribution in [0.2, 0.25) is 0 Å². The fourth-order valence-corrected chi connectivity index (χ4v) is 3.56. The van der Waals surface area contributed by atoms with Crippen LogP contribution in [0.1, 0.15) is 5.56 Å². The number of aromatic hydroxyl groups is 1. The number of aromatic nitrogens is 4. The molecule has 0 unspecified atom stereocenters. The molecular formula is C17H19N5O6. The molecule has 0 amide bonds. The molecule has 0 bridgehead atoms. The van der Waals surface area contributed by atoms with Gasteiger partial charge in [0.2, 0.25) is 5.95 Å². The lowest BCUT2D eigenvalue weighted by Crippen LogP contribution is -2.47. The van der Waals surface area contributed by atoms with E-state index in [1.54, 1.807) is 12.1 Å². The lowest BCUT2D eigenvalue weighted by molar-refractivity contribution is -0.145. The summed E-state index contributed by atoms with van der Waals surface area (Å²) in [6, 6.07) is 6.19. The van der Waals surface area contributed by atoms with Crippen LogP contribution in [0, 0.1) is 0 Å². The minimum absolute atomic E-state index is 0.0166. The molecule has 11 heteroatoms. The Hall–Kier alpha value is -2.99. The number of ether oxygens (including phenoxy) is 1. The minimum atomic E-state index is -1.62. The van der Waals surface area contributed by atoms with Crippen LogP contribution in [-0.2, 0) is 16.9 Å². The molecule has 11 nitrogen and oxygen atoms in total. The number of phenolic OH excluding ortho intramolecular Hbond substituents is 1. The first-order chi connectivity index (χ1) is 13.4. The molecule has 4 rings (SSSR count). The second-order valence-corrected chi connectivity index (χ2v) is 6.70. The number of fused-ring (bicyclic) bond motifs is 1. The minimum Gasteiger partial charge on any atom is -0.508 e. The summed E-state index contributed by atoms with van der Waals surface area (Å²) in [6.07, 6.45) is -2.63. The highest BCUT2D eigenvalue weighted by Crippen LogP contribution is 2.40. The quantitative estimate of drug-likeness (QED) is 0.307. The molecule has 0 spiro atoms. The number of hydrogen-bond acceptors (Lipinski definition) is 9. The van der Waals surface area contributed by atoms with E-state index in [1.807, 2.05) is 0 Å². The molecule has 0 aliphatic carbocycles. The molecule has 2 aromatic heterocycles.